The minimum atomic E-state index is -4.35. The van der Waals surface area contributed by atoms with E-state index in [1.807, 2.05) is 30.0 Å². The molecule has 0 radical (unpaired) electrons. The Labute approximate surface area is 186 Å². The topological polar surface area (TPSA) is 42.0 Å². The number of amides is 1. The summed E-state index contributed by atoms with van der Waals surface area (Å²) in [7, 11) is 3.21. The zero-order valence-electron chi connectivity index (χ0n) is 18.6. The number of hydrogen-bond donors (Lipinski definition) is 0. The number of ether oxygens (including phenoxy) is 2. The SMILES string of the molecule is COc1ccc(CN2CCN(C(=O)CC(C)c3ccc(C(F)(F)F)cc3)CC2)cc1OC. The van der Waals surface area contributed by atoms with Crippen LogP contribution in [0.2, 0.25) is 0 Å². The average Bonchev–Trinajstić information content (AvgIpc) is 2.78. The van der Waals surface area contributed by atoms with Crippen molar-refractivity contribution >= 4 is 5.91 Å². The van der Waals surface area contributed by atoms with Crippen molar-refractivity contribution in [3.05, 3.63) is 59.2 Å². The number of alkyl halides is 3. The molecule has 32 heavy (non-hydrogen) atoms. The molecule has 1 aliphatic rings. The first-order valence-corrected chi connectivity index (χ1v) is 10.6. The third-order valence-electron chi connectivity index (χ3n) is 5.87. The van der Waals surface area contributed by atoms with Gasteiger partial charge in [-0.25, -0.2) is 0 Å². The van der Waals surface area contributed by atoms with E-state index in [1.165, 1.54) is 12.1 Å². The lowest BCUT2D eigenvalue weighted by molar-refractivity contribution is -0.137. The van der Waals surface area contributed by atoms with Crippen LogP contribution in [0.5, 0.6) is 11.5 Å². The van der Waals surface area contributed by atoms with Crippen LogP contribution in [-0.2, 0) is 17.5 Å². The smallest absolute Gasteiger partial charge is 0.416 e. The van der Waals surface area contributed by atoms with E-state index in [2.05, 4.69) is 4.90 Å². The van der Waals surface area contributed by atoms with Gasteiger partial charge in [-0.15, -0.1) is 0 Å². The molecule has 1 amide bonds. The lowest BCUT2D eigenvalue weighted by Crippen LogP contribution is -2.48. The Morgan fingerprint density at radius 3 is 2.16 bits per heavy atom. The molecular formula is C24H29F3N2O3. The highest BCUT2D eigenvalue weighted by molar-refractivity contribution is 5.77. The summed E-state index contributed by atoms with van der Waals surface area (Å²) in [5, 5.41) is 0. The monoisotopic (exact) mass is 450 g/mol. The summed E-state index contributed by atoms with van der Waals surface area (Å²) in [6.07, 6.45) is -4.07. The molecule has 1 saturated heterocycles. The molecule has 0 bridgehead atoms. The van der Waals surface area contributed by atoms with E-state index in [0.29, 0.717) is 24.6 Å². The second-order valence-electron chi connectivity index (χ2n) is 8.07. The van der Waals surface area contributed by atoms with Gasteiger partial charge in [0, 0.05) is 39.1 Å². The second-order valence-corrected chi connectivity index (χ2v) is 8.07. The first kappa shape index (κ1) is 23.9. The zero-order chi connectivity index (χ0) is 23.3. The molecule has 1 aliphatic heterocycles. The largest absolute Gasteiger partial charge is 0.493 e. The number of carbonyl (C=O) groups excluding carboxylic acids is 1. The number of benzene rings is 2. The molecule has 0 saturated carbocycles. The number of carbonyl (C=O) groups is 1. The molecule has 0 aliphatic carbocycles. The highest BCUT2D eigenvalue weighted by Gasteiger charge is 2.30. The van der Waals surface area contributed by atoms with Gasteiger partial charge in [-0.3, -0.25) is 9.69 Å². The Hall–Kier alpha value is -2.74. The van der Waals surface area contributed by atoms with Crippen LogP contribution in [-0.4, -0.2) is 56.1 Å². The minimum Gasteiger partial charge on any atom is -0.493 e. The Morgan fingerprint density at radius 1 is 0.969 bits per heavy atom. The van der Waals surface area contributed by atoms with Gasteiger partial charge in [0.15, 0.2) is 11.5 Å². The van der Waals surface area contributed by atoms with Crippen LogP contribution in [0.15, 0.2) is 42.5 Å². The highest BCUT2D eigenvalue weighted by atomic mass is 19.4. The molecule has 8 heteroatoms. The summed E-state index contributed by atoms with van der Waals surface area (Å²) >= 11 is 0. The molecule has 2 aromatic carbocycles. The Morgan fingerprint density at radius 2 is 1.59 bits per heavy atom. The summed E-state index contributed by atoms with van der Waals surface area (Å²) < 4.78 is 48.8. The van der Waals surface area contributed by atoms with E-state index in [4.69, 9.17) is 9.47 Å². The van der Waals surface area contributed by atoms with Gasteiger partial charge in [0.05, 0.1) is 19.8 Å². The van der Waals surface area contributed by atoms with Gasteiger partial charge >= 0.3 is 6.18 Å². The number of hydrogen-bond acceptors (Lipinski definition) is 4. The predicted octanol–water partition coefficient (Wildman–Crippen LogP) is 4.56. The standard InChI is InChI=1S/C24H29F3N2O3/c1-17(19-5-7-20(8-6-19)24(25,26)27)14-23(30)29-12-10-28(11-13-29)16-18-4-9-21(31-2)22(15-18)32-3/h4-9,15,17H,10-14,16H2,1-3H3. The molecule has 0 N–H and O–H groups in total. The van der Waals surface area contributed by atoms with Gasteiger partial charge in [0.25, 0.3) is 0 Å². The Bertz CT molecular complexity index is 908. The Kier molecular flexibility index (Phi) is 7.66. The first-order chi connectivity index (χ1) is 15.2. The van der Waals surface area contributed by atoms with Crippen LogP contribution in [0.3, 0.4) is 0 Å². The Balaban J connectivity index is 1.50. The second kappa shape index (κ2) is 10.3. The molecule has 3 rings (SSSR count). The van der Waals surface area contributed by atoms with Crippen LogP contribution in [0.25, 0.3) is 0 Å². The summed E-state index contributed by atoms with van der Waals surface area (Å²) in [5.41, 5.74) is 1.17. The summed E-state index contributed by atoms with van der Waals surface area (Å²) in [6, 6.07) is 10.9. The van der Waals surface area contributed by atoms with Crippen molar-refractivity contribution < 1.29 is 27.4 Å². The number of rotatable bonds is 7. The average molecular weight is 451 g/mol. The normalized spacial score (nSPS) is 16.0. The fourth-order valence-electron chi connectivity index (χ4n) is 3.90. The van der Waals surface area contributed by atoms with E-state index in [0.717, 1.165) is 42.9 Å². The highest BCUT2D eigenvalue weighted by Crippen LogP contribution is 2.31. The van der Waals surface area contributed by atoms with Gasteiger partial charge in [-0.05, 0) is 41.3 Å². The number of halogens is 3. The molecule has 174 valence electrons. The third kappa shape index (κ3) is 5.94. The van der Waals surface area contributed by atoms with Gasteiger partial charge in [-0.2, -0.15) is 13.2 Å². The minimum absolute atomic E-state index is 0.0307. The predicted molar refractivity (Wildman–Crippen MR) is 116 cm³/mol. The zero-order valence-corrected chi connectivity index (χ0v) is 18.6. The van der Waals surface area contributed by atoms with Crippen molar-refractivity contribution in [3.8, 4) is 11.5 Å². The van der Waals surface area contributed by atoms with Crippen LogP contribution in [0.1, 0.15) is 36.0 Å². The fourth-order valence-corrected chi connectivity index (χ4v) is 3.90. The summed E-state index contributed by atoms with van der Waals surface area (Å²) in [4.78, 5) is 16.8. The molecule has 5 nitrogen and oxygen atoms in total. The lowest BCUT2D eigenvalue weighted by Gasteiger charge is -2.35. The van der Waals surface area contributed by atoms with E-state index >= 15 is 0 Å². The van der Waals surface area contributed by atoms with E-state index in [1.54, 1.807) is 14.2 Å². The first-order valence-electron chi connectivity index (χ1n) is 10.6. The molecule has 2 aromatic rings. The lowest BCUT2D eigenvalue weighted by atomic mass is 9.96. The van der Waals surface area contributed by atoms with Crippen LogP contribution in [0, 0.1) is 0 Å². The van der Waals surface area contributed by atoms with Crippen molar-refractivity contribution in [3.63, 3.8) is 0 Å². The van der Waals surface area contributed by atoms with Crippen LogP contribution < -0.4 is 9.47 Å². The fraction of sp³-hybridized carbons (Fsp3) is 0.458. The van der Waals surface area contributed by atoms with Crippen molar-refractivity contribution in [2.24, 2.45) is 0 Å². The molecular weight excluding hydrogens is 421 g/mol. The third-order valence-corrected chi connectivity index (χ3v) is 5.87. The van der Waals surface area contributed by atoms with Gasteiger partial charge in [0.1, 0.15) is 0 Å². The molecule has 0 spiro atoms. The summed E-state index contributed by atoms with van der Waals surface area (Å²) in [5.74, 6) is 1.27. The van der Waals surface area contributed by atoms with E-state index < -0.39 is 11.7 Å². The molecule has 1 fully saturated rings. The van der Waals surface area contributed by atoms with Crippen LogP contribution >= 0.6 is 0 Å². The molecule has 0 aromatic heterocycles. The van der Waals surface area contributed by atoms with Gasteiger partial charge in [-0.1, -0.05) is 25.1 Å². The van der Waals surface area contributed by atoms with Crippen molar-refractivity contribution in [2.75, 3.05) is 40.4 Å². The van der Waals surface area contributed by atoms with E-state index in [9.17, 15) is 18.0 Å². The maximum Gasteiger partial charge on any atom is 0.416 e. The number of nitrogens with zero attached hydrogens (tertiary/aromatic N) is 2. The van der Waals surface area contributed by atoms with Crippen molar-refractivity contribution in [2.45, 2.75) is 32.0 Å². The number of piperazine rings is 1. The molecule has 1 atom stereocenters. The van der Waals surface area contributed by atoms with E-state index in [-0.39, 0.29) is 18.2 Å². The van der Waals surface area contributed by atoms with Gasteiger partial charge < -0.3 is 14.4 Å². The quantitative estimate of drug-likeness (QED) is 0.620. The summed E-state index contributed by atoms with van der Waals surface area (Å²) in [6.45, 7) is 5.40. The molecule has 1 heterocycles. The van der Waals surface area contributed by atoms with Crippen LogP contribution in [0.4, 0.5) is 13.2 Å². The maximum absolute atomic E-state index is 12.7. The van der Waals surface area contributed by atoms with Crippen molar-refractivity contribution in [1.82, 2.24) is 9.80 Å². The number of methoxy groups -OCH3 is 2. The van der Waals surface area contributed by atoms with Gasteiger partial charge in [0.2, 0.25) is 5.91 Å². The molecule has 1 unspecified atom stereocenters. The van der Waals surface area contributed by atoms with Crippen molar-refractivity contribution in [1.29, 1.82) is 0 Å². The maximum atomic E-state index is 12.7.